The smallest absolute Gasteiger partial charge is 0.226 e. The molecule has 2 rings (SSSR count). The van der Waals surface area contributed by atoms with Crippen LogP contribution in [0.4, 0.5) is 0 Å². The molecule has 2 saturated carbocycles. The SMILES string of the molecule is CCCN(CCC)C(=O)C1CC(C(=O)NC(CC2CCC(O)CC2)C(O)CN(C)NS(=O)(=O)C(C)C)CC(C(=O)N(C)C)C1. The number of amides is 3. The first kappa shape index (κ1) is 38.4. The summed E-state index contributed by atoms with van der Waals surface area (Å²) < 4.78 is 24.8. The predicted molar refractivity (Wildman–Crippen MR) is 171 cm³/mol. The molecule has 12 nitrogen and oxygen atoms in total. The lowest BCUT2D eigenvalue weighted by Crippen LogP contribution is -2.54. The molecule has 5 unspecified atom stereocenters. The van der Waals surface area contributed by atoms with Gasteiger partial charge < -0.3 is 25.3 Å². The minimum absolute atomic E-state index is 0.0147. The highest BCUT2D eigenvalue weighted by Gasteiger charge is 2.41. The van der Waals surface area contributed by atoms with E-state index < -0.39 is 45.2 Å². The van der Waals surface area contributed by atoms with E-state index in [1.54, 1.807) is 27.9 Å². The molecule has 2 aliphatic rings. The lowest BCUT2D eigenvalue weighted by molar-refractivity contribution is -0.143. The van der Waals surface area contributed by atoms with E-state index in [-0.39, 0.29) is 36.3 Å². The van der Waals surface area contributed by atoms with Crippen LogP contribution in [0, 0.1) is 23.7 Å². The Kier molecular flexibility index (Phi) is 15.5. The minimum Gasteiger partial charge on any atom is -0.393 e. The van der Waals surface area contributed by atoms with Crippen molar-refractivity contribution >= 4 is 27.7 Å². The molecule has 0 aliphatic heterocycles. The Hall–Kier alpha value is -1.80. The van der Waals surface area contributed by atoms with Gasteiger partial charge in [0.1, 0.15) is 0 Å². The highest BCUT2D eigenvalue weighted by atomic mass is 32.2. The van der Waals surface area contributed by atoms with Gasteiger partial charge in [-0.3, -0.25) is 14.4 Å². The molecule has 0 bridgehead atoms. The molecular weight excluding hydrogens is 586 g/mol. The largest absolute Gasteiger partial charge is 0.393 e. The maximum absolute atomic E-state index is 13.9. The third kappa shape index (κ3) is 11.5. The fraction of sp³-hybridized carbons (Fsp3) is 0.903. The Labute approximate surface area is 265 Å². The van der Waals surface area contributed by atoms with Crippen LogP contribution < -0.4 is 10.1 Å². The molecule has 44 heavy (non-hydrogen) atoms. The number of rotatable bonds is 16. The van der Waals surface area contributed by atoms with Crippen molar-refractivity contribution in [1.29, 1.82) is 0 Å². The Morgan fingerprint density at radius 1 is 0.864 bits per heavy atom. The standard InChI is InChI=1S/C31H59N5O7S/c1-8-14-36(15-9-2)31(41)25-18-23(17-24(19-25)30(40)34(5)6)29(39)32-27(16-22-10-12-26(37)13-11-22)28(38)20-35(7)33-44(42,43)21(3)4/h21-28,33,37-38H,8-20H2,1-7H3,(H,32,39). The average molecular weight is 646 g/mol. The Balaban J connectivity index is 2.27. The number of hydrogen-bond acceptors (Lipinski definition) is 8. The van der Waals surface area contributed by atoms with Gasteiger partial charge in [0, 0.05) is 58.5 Å². The zero-order valence-electron chi connectivity index (χ0n) is 28.0. The second-order valence-electron chi connectivity index (χ2n) is 13.5. The van der Waals surface area contributed by atoms with Crippen LogP contribution in [0.25, 0.3) is 0 Å². The third-order valence-corrected chi connectivity index (χ3v) is 10.9. The van der Waals surface area contributed by atoms with Gasteiger partial charge in [0.25, 0.3) is 0 Å². The summed E-state index contributed by atoms with van der Waals surface area (Å²) in [5.74, 6) is -1.75. The van der Waals surface area contributed by atoms with Gasteiger partial charge in [-0.2, -0.15) is 0 Å². The second kappa shape index (κ2) is 17.8. The molecule has 0 aromatic rings. The molecule has 4 N–H and O–H groups in total. The van der Waals surface area contributed by atoms with E-state index in [9.17, 15) is 33.0 Å². The van der Waals surface area contributed by atoms with Gasteiger partial charge in [-0.15, -0.1) is 4.83 Å². The number of nitrogens with one attached hydrogen (secondary N) is 2. The molecule has 0 saturated heterocycles. The lowest BCUT2D eigenvalue weighted by Gasteiger charge is -2.38. The summed E-state index contributed by atoms with van der Waals surface area (Å²) in [4.78, 5) is 46.5. The topological polar surface area (TPSA) is 160 Å². The molecule has 256 valence electrons. The van der Waals surface area contributed by atoms with Crippen LogP contribution in [0.15, 0.2) is 0 Å². The van der Waals surface area contributed by atoms with E-state index in [2.05, 4.69) is 10.1 Å². The third-order valence-electron chi connectivity index (χ3n) is 9.08. The lowest BCUT2D eigenvalue weighted by atomic mass is 9.73. The Morgan fingerprint density at radius 2 is 1.39 bits per heavy atom. The number of likely N-dealkylation sites (N-methyl/N-ethyl adjacent to an activating group) is 1. The molecule has 5 atom stereocenters. The van der Waals surface area contributed by atoms with E-state index >= 15 is 0 Å². The van der Waals surface area contributed by atoms with Gasteiger partial charge in [-0.25, -0.2) is 13.4 Å². The number of carbonyl (C=O) groups excluding carboxylic acids is 3. The van der Waals surface area contributed by atoms with Crippen LogP contribution in [0.1, 0.15) is 91.9 Å². The Bertz CT molecular complexity index is 1030. The van der Waals surface area contributed by atoms with E-state index in [0.29, 0.717) is 51.6 Å². The highest BCUT2D eigenvalue weighted by Crippen LogP contribution is 2.36. The van der Waals surface area contributed by atoms with Crippen LogP contribution in [0.2, 0.25) is 0 Å². The molecular formula is C31H59N5O7S. The van der Waals surface area contributed by atoms with Gasteiger partial charge in [0.05, 0.1) is 23.5 Å². The number of nitrogens with zero attached hydrogens (tertiary/aromatic N) is 3. The van der Waals surface area contributed by atoms with Crippen molar-refractivity contribution in [3.8, 4) is 0 Å². The van der Waals surface area contributed by atoms with E-state index in [0.717, 1.165) is 25.7 Å². The molecule has 2 fully saturated rings. The molecule has 2 aliphatic carbocycles. The average Bonchev–Trinajstić information content (AvgIpc) is 2.96. The van der Waals surface area contributed by atoms with E-state index in [1.165, 1.54) is 17.0 Å². The van der Waals surface area contributed by atoms with Gasteiger partial charge in [-0.1, -0.05) is 13.8 Å². The predicted octanol–water partition coefficient (Wildman–Crippen LogP) is 1.72. The first-order chi connectivity index (χ1) is 20.6. The number of aliphatic hydroxyl groups is 2. The number of aliphatic hydroxyl groups excluding tert-OH is 2. The van der Waals surface area contributed by atoms with Gasteiger partial charge in [0.15, 0.2) is 0 Å². The quantitative estimate of drug-likeness (QED) is 0.185. The molecule has 0 aromatic carbocycles. The molecule has 0 heterocycles. The number of carbonyl (C=O) groups is 3. The summed E-state index contributed by atoms with van der Waals surface area (Å²) in [7, 11) is 1.28. The number of hydrogen-bond donors (Lipinski definition) is 4. The number of sulfonamides is 1. The van der Waals surface area contributed by atoms with Gasteiger partial charge in [0.2, 0.25) is 27.7 Å². The van der Waals surface area contributed by atoms with Gasteiger partial charge in [-0.05, 0) is 84.0 Å². The first-order valence-electron chi connectivity index (χ1n) is 16.5. The second-order valence-corrected chi connectivity index (χ2v) is 15.7. The first-order valence-corrected chi connectivity index (χ1v) is 18.0. The van der Waals surface area contributed by atoms with E-state index in [4.69, 9.17) is 0 Å². The van der Waals surface area contributed by atoms with Crippen LogP contribution in [0.3, 0.4) is 0 Å². The van der Waals surface area contributed by atoms with Crippen molar-refractivity contribution in [2.75, 3.05) is 40.8 Å². The maximum Gasteiger partial charge on any atom is 0.226 e. The van der Waals surface area contributed by atoms with Crippen molar-refractivity contribution in [3.63, 3.8) is 0 Å². The fourth-order valence-corrected chi connectivity index (χ4v) is 7.27. The molecule has 13 heteroatoms. The fourth-order valence-electron chi connectivity index (χ4n) is 6.55. The van der Waals surface area contributed by atoms with Crippen molar-refractivity contribution < 1.29 is 33.0 Å². The minimum atomic E-state index is -3.62. The summed E-state index contributed by atoms with van der Waals surface area (Å²) in [6, 6.07) is -0.676. The monoisotopic (exact) mass is 645 g/mol. The Morgan fingerprint density at radius 3 is 1.89 bits per heavy atom. The highest BCUT2D eigenvalue weighted by molar-refractivity contribution is 7.90. The summed E-state index contributed by atoms with van der Waals surface area (Å²) in [5.41, 5.74) is 0. The van der Waals surface area contributed by atoms with Crippen LogP contribution >= 0.6 is 0 Å². The van der Waals surface area contributed by atoms with Crippen molar-refractivity contribution in [2.24, 2.45) is 23.7 Å². The molecule has 0 spiro atoms. The van der Waals surface area contributed by atoms with Crippen molar-refractivity contribution in [1.82, 2.24) is 25.0 Å². The number of hydrazine groups is 1. The summed E-state index contributed by atoms with van der Waals surface area (Å²) in [6.07, 6.45) is 4.58. The van der Waals surface area contributed by atoms with Crippen molar-refractivity contribution in [2.45, 2.75) is 115 Å². The van der Waals surface area contributed by atoms with Crippen LogP contribution in [0.5, 0.6) is 0 Å². The molecule has 0 radical (unpaired) electrons. The van der Waals surface area contributed by atoms with Gasteiger partial charge >= 0.3 is 0 Å². The summed E-state index contributed by atoms with van der Waals surface area (Å²) >= 11 is 0. The zero-order valence-corrected chi connectivity index (χ0v) is 28.8. The van der Waals surface area contributed by atoms with E-state index in [1.807, 2.05) is 18.7 Å². The van der Waals surface area contributed by atoms with Crippen LogP contribution in [-0.2, 0) is 24.4 Å². The zero-order chi connectivity index (χ0) is 33.2. The van der Waals surface area contributed by atoms with Crippen molar-refractivity contribution in [3.05, 3.63) is 0 Å². The maximum atomic E-state index is 13.9. The van der Waals surface area contributed by atoms with Crippen LogP contribution in [-0.4, -0.2) is 115 Å². The molecule has 3 amide bonds. The normalized spacial score (nSPS) is 25.8. The summed E-state index contributed by atoms with van der Waals surface area (Å²) in [5, 5.41) is 25.0. The molecule has 0 aromatic heterocycles. The summed E-state index contributed by atoms with van der Waals surface area (Å²) in [6.45, 7) is 8.38.